The van der Waals surface area contributed by atoms with Gasteiger partial charge in [-0.05, 0) is 38.5 Å². The van der Waals surface area contributed by atoms with E-state index in [9.17, 15) is 27.6 Å². The van der Waals surface area contributed by atoms with Gasteiger partial charge in [0.15, 0.2) is 5.69 Å². The van der Waals surface area contributed by atoms with Gasteiger partial charge in [-0.1, -0.05) is 11.2 Å². The molecule has 0 atom stereocenters. The second kappa shape index (κ2) is 11.1. The summed E-state index contributed by atoms with van der Waals surface area (Å²) in [5.74, 6) is -0.352. The van der Waals surface area contributed by atoms with Gasteiger partial charge in [0.05, 0.1) is 17.7 Å². The number of alkyl halides is 3. The lowest BCUT2D eigenvalue weighted by molar-refractivity contribution is -0.141. The van der Waals surface area contributed by atoms with Crippen molar-refractivity contribution in [1.82, 2.24) is 19.3 Å². The van der Waals surface area contributed by atoms with Gasteiger partial charge in [-0.25, -0.2) is 14.8 Å². The van der Waals surface area contributed by atoms with Crippen molar-refractivity contribution in [2.75, 3.05) is 5.32 Å². The number of aromatic nitrogens is 4. The minimum Gasteiger partial charge on any atom is -0.361 e. The highest BCUT2D eigenvalue weighted by Gasteiger charge is 2.36. The molecule has 1 amide bonds. The number of hydrogen-bond donors (Lipinski definition) is 1. The Labute approximate surface area is 213 Å². The first-order valence-electron chi connectivity index (χ1n) is 11.0. The number of amides is 1. The molecule has 0 spiro atoms. The molecular formula is C24H22F3N7O4. The van der Waals surface area contributed by atoms with Gasteiger partial charge in [-0.2, -0.15) is 18.4 Å². The fraction of sp³-hybridized carbons (Fsp3) is 0.292. The van der Waals surface area contributed by atoms with Gasteiger partial charge in [-0.15, -0.1) is 0 Å². The molecule has 0 saturated heterocycles. The molecule has 1 N–H and O–H groups in total. The maximum Gasteiger partial charge on any atom is 0.434 e. The first kappa shape index (κ1) is 27.8. The quantitative estimate of drug-likeness (QED) is 0.462. The highest BCUT2D eigenvalue weighted by Crippen LogP contribution is 2.31. The van der Waals surface area contributed by atoms with Crippen LogP contribution in [-0.4, -0.2) is 31.4 Å². The molecular weight excluding hydrogens is 507 g/mol. The summed E-state index contributed by atoms with van der Waals surface area (Å²) in [5.41, 5.74) is -2.10. The molecule has 14 heteroatoms. The van der Waals surface area contributed by atoms with Crippen LogP contribution in [0.25, 0.3) is 0 Å². The molecule has 0 unspecified atom stereocenters. The third-order valence-corrected chi connectivity index (χ3v) is 5.29. The Balaban J connectivity index is 1.74. The first-order chi connectivity index (χ1) is 17.8. The lowest BCUT2D eigenvalue weighted by Gasteiger charge is -2.11. The van der Waals surface area contributed by atoms with Crippen LogP contribution in [-0.2, 0) is 24.6 Å². The summed E-state index contributed by atoms with van der Waals surface area (Å²) >= 11 is 0. The Morgan fingerprint density at radius 1 is 1.29 bits per heavy atom. The highest BCUT2D eigenvalue weighted by atomic mass is 19.4. The zero-order valence-corrected chi connectivity index (χ0v) is 20.8. The number of nitrogens with one attached hydrogen (secondary N) is 1. The van der Waals surface area contributed by atoms with Crippen LogP contribution >= 0.6 is 0 Å². The van der Waals surface area contributed by atoms with Crippen LogP contribution in [0, 0.1) is 25.2 Å². The fourth-order valence-electron chi connectivity index (χ4n) is 3.38. The summed E-state index contributed by atoms with van der Waals surface area (Å²) < 4.78 is 46.4. The molecule has 3 aromatic rings. The summed E-state index contributed by atoms with van der Waals surface area (Å²) in [6.07, 6.45) is -2.28. The molecule has 0 bridgehead atoms. The van der Waals surface area contributed by atoms with Crippen LogP contribution in [0.15, 0.2) is 49.0 Å². The standard InChI is InChI=1S/C24H22F3N7O4/c1-13(5-8-19(35)30-18-7-6-16(10-28)20(31-18)24(25,26)27)11-29-21-15(3)22(36)34(23(37)33(21)4)12-17-9-14(2)38-32-17/h5-7,9,11H,8,12H2,1-4H3,(H,30,31,35)/b13-5-,29-11-. The topological polar surface area (TPSA) is 148 Å². The minimum absolute atomic E-state index is 0.0692. The number of hydrogen-bond acceptors (Lipinski definition) is 8. The third-order valence-electron chi connectivity index (χ3n) is 5.29. The van der Waals surface area contributed by atoms with Gasteiger partial charge in [0.2, 0.25) is 5.91 Å². The van der Waals surface area contributed by atoms with Crippen LogP contribution in [0.4, 0.5) is 24.8 Å². The number of pyridine rings is 1. The maximum absolute atomic E-state index is 13.1. The SMILES string of the molecule is CC(/C=N\c1c(C)c(=O)n(Cc2cc(C)on2)c(=O)n1C)=C/CC(=O)Nc1ccc(C#N)c(C(F)(F)F)n1. The fourth-order valence-corrected chi connectivity index (χ4v) is 3.38. The van der Waals surface area contributed by atoms with Crippen molar-refractivity contribution in [2.45, 2.75) is 39.9 Å². The van der Waals surface area contributed by atoms with Gasteiger partial charge in [0.1, 0.15) is 29.2 Å². The van der Waals surface area contributed by atoms with E-state index in [1.165, 1.54) is 36.9 Å². The van der Waals surface area contributed by atoms with E-state index in [2.05, 4.69) is 20.4 Å². The van der Waals surface area contributed by atoms with Gasteiger partial charge in [0, 0.05) is 25.7 Å². The van der Waals surface area contributed by atoms with Crippen molar-refractivity contribution in [3.63, 3.8) is 0 Å². The largest absolute Gasteiger partial charge is 0.434 e. The molecule has 0 aliphatic carbocycles. The van der Waals surface area contributed by atoms with E-state index < -0.39 is 34.6 Å². The Hall–Kier alpha value is -4.80. The molecule has 11 nitrogen and oxygen atoms in total. The average molecular weight is 529 g/mol. The molecule has 3 heterocycles. The van der Waals surface area contributed by atoms with Crippen LogP contribution in [0.2, 0.25) is 0 Å². The Bertz CT molecular complexity index is 1570. The molecule has 3 aromatic heterocycles. The smallest absolute Gasteiger partial charge is 0.361 e. The van der Waals surface area contributed by atoms with Crippen molar-refractivity contribution in [3.05, 3.63) is 79.0 Å². The molecule has 0 saturated carbocycles. The number of carbonyl (C=O) groups is 1. The Morgan fingerprint density at radius 3 is 2.61 bits per heavy atom. The number of aryl methyl sites for hydroxylation is 1. The Kier molecular flexibility index (Phi) is 8.10. The predicted octanol–water partition coefficient (Wildman–Crippen LogP) is 3.16. The van der Waals surface area contributed by atoms with Gasteiger partial charge in [0.25, 0.3) is 5.56 Å². The zero-order valence-electron chi connectivity index (χ0n) is 20.8. The number of nitrogens with zero attached hydrogens (tertiary/aromatic N) is 6. The summed E-state index contributed by atoms with van der Waals surface area (Å²) in [6, 6.07) is 5.05. The first-order valence-corrected chi connectivity index (χ1v) is 11.0. The summed E-state index contributed by atoms with van der Waals surface area (Å²) in [6.45, 7) is 4.75. The number of aliphatic imine (C=N–C) groups is 1. The van der Waals surface area contributed by atoms with Crippen molar-refractivity contribution >= 4 is 23.8 Å². The van der Waals surface area contributed by atoms with Crippen molar-refractivity contribution in [1.29, 1.82) is 5.26 Å². The monoisotopic (exact) mass is 529 g/mol. The second-order valence-corrected chi connectivity index (χ2v) is 8.27. The number of nitriles is 1. The second-order valence-electron chi connectivity index (χ2n) is 8.27. The molecule has 0 aliphatic rings. The van der Waals surface area contributed by atoms with E-state index in [1.54, 1.807) is 19.9 Å². The van der Waals surface area contributed by atoms with E-state index in [1.807, 2.05) is 0 Å². The normalized spacial score (nSPS) is 12.1. The number of halogens is 3. The maximum atomic E-state index is 13.1. The van der Waals surface area contributed by atoms with E-state index in [-0.39, 0.29) is 30.2 Å². The minimum atomic E-state index is -4.85. The predicted molar refractivity (Wildman–Crippen MR) is 130 cm³/mol. The average Bonchev–Trinajstić information content (AvgIpc) is 3.28. The molecule has 0 aliphatic heterocycles. The van der Waals surface area contributed by atoms with E-state index in [4.69, 9.17) is 9.78 Å². The highest BCUT2D eigenvalue weighted by molar-refractivity contribution is 5.92. The van der Waals surface area contributed by atoms with Crippen molar-refractivity contribution in [2.24, 2.45) is 12.0 Å². The van der Waals surface area contributed by atoms with Gasteiger partial charge < -0.3 is 9.84 Å². The summed E-state index contributed by atoms with van der Waals surface area (Å²) in [7, 11) is 1.46. The Morgan fingerprint density at radius 2 is 2.00 bits per heavy atom. The number of rotatable bonds is 7. The van der Waals surface area contributed by atoms with Crippen LogP contribution in [0.3, 0.4) is 0 Å². The molecule has 0 fully saturated rings. The zero-order chi connectivity index (χ0) is 28.2. The van der Waals surface area contributed by atoms with Gasteiger partial charge >= 0.3 is 11.9 Å². The van der Waals surface area contributed by atoms with Crippen molar-refractivity contribution < 1.29 is 22.5 Å². The third kappa shape index (κ3) is 6.30. The number of anilines is 1. The van der Waals surface area contributed by atoms with Crippen molar-refractivity contribution in [3.8, 4) is 6.07 Å². The van der Waals surface area contributed by atoms with E-state index in [0.29, 0.717) is 17.0 Å². The molecule has 3 rings (SSSR count). The number of allylic oxidation sites excluding steroid dienone is 1. The lowest BCUT2D eigenvalue weighted by atomic mass is 10.2. The molecule has 0 aromatic carbocycles. The van der Waals surface area contributed by atoms with E-state index in [0.717, 1.165) is 16.7 Å². The number of carbonyl (C=O) groups excluding carboxylic acids is 1. The van der Waals surface area contributed by atoms with Crippen LogP contribution < -0.4 is 16.6 Å². The van der Waals surface area contributed by atoms with Crippen LogP contribution in [0.5, 0.6) is 0 Å². The molecule has 0 radical (unpaired) electrons. The summed E-state index contributed by atoms with van der Waals surface area (Å²) in [4.78, 5) is 45.3. The van der Waals surface area contributed by atoms with Gasteiger partial charge in [-0.3, -0.25) is 18.7 Å². The van der Waals surface area contributed by atoms with E-state index >= 15 is 0 Å². The molecule has 38 heavy (non-hydrogen) atoms. The molecule has 198 valence electrons. The lowest BCUT2D eigenvalue weighted by Crippen LogP contribution is -2.40. The summed E-state index contributed by atoms with van der Waals surface area (Å²) in [5, 5.41) is 14.9. The van der Waals surface area contributed by atoms with Crippen LogP contribution in [0.1, 0.15) is 41.6 Å².